The quantitative estimate of drug-likeness (QED) is 0.625. The molecule has 1 rings (SSSR count). The SMILES string of the molecule is CC(O)COCCC1CCCNC1. The number of rotatable bonds is 5. The molecule has 0 bridgehead atoms. The fraction of sp³-hybridized carbons (Fsp3) is 1.00. The first-order chi connectivity index (χ1) is 6.29. The van der Waals surface area contributed by atoms with Gasteiger partial charge < -0.3 is 15.2 Å². The van der Waals surface area contributed by atoms with Crippen molar-refractivity contribution in [3.05, 3.63) is 0 Å². The summed E-state index contributed by atoms with van der Waals surface area (Å²) in [5.74, 6) is 0.780. The van der Waals surface area contributed by atoms with Gasteiger partial charge in [0, 0.05) is 6.61 Å². The van der Waals surface area contributed by atoms with Crippen LogP contribution in [0.4, 0.5) is 0 Å². The van der Waals surface area contributed by atoms with Gasteiger partial charge in [0.15, 0.2) is 0 Å². The molecule has 0 aliphatic carbocycles. The summed E-state index contributed by atoms with van der Waals surface area (Å²) >= 11 is 0. The highest BCUT2D eigenvalue weighted by atomic mass is 16.5. The van der Waals surface area contributed by atoms with Crippen LogP contribution in [0.25, 0.3) is 0 Å². The maximum atomic E-state index is 8.95. The number of hydrogen-bond donors (Lipinski definition) is 2. The lowest BCUT2D eigenvalue weighted by Crippen LogP contribution is -2.30. The molecule has 0 radical (unpaired) electrons. The molecule has 0 aromatic carbocycles. The van der Waals surface area contributed by atoms with Crippen molar-refractivity contribution < 1.29 is 9.84 Å². The number of hydrogen-bond acceptors (Lipinski definition) is 3. The van der Waals surface area contributed by atoms with E-state index in [0.29, 0.717) is 6.61 Å². The molecule has 2 unspecified atom stereocenters. The highest BCUT2D eigenvalue weighted by molar-refractivity contribution is 4.68. The van der Waals surface area contributed by atoms with E-state index >= 15 is 0 Å². The van der Waals surface area contributed by atoms with Gasteiger partial charge in [0.25, 0.3) is 0 Å². The van der Waals surface area contributed by atoms with E-state index in [0.717, 1.165) is 25.5 Å². The molecule has 1 aliphatic rings. The predicted molar refractivity (Wildman–Crippen MR) is 52.7 cm³/mol. The lowest BCUT2D eigenvalue weighted by atomic mass is 9.97. The fourth-order valence-electron chi connectivity index (χ4n) is 1.67. The summed E-state index contributed by atoms with van der Waals surface area (Å²) in [6, 6.07) is 0. The molecule has 2 N–H and O–H groups in total. The third-order valence-corrected chi connectivity index (χ3v) is 2.43. The Balaban J connectivity index is 1.92. The Bertz CT molecular complexity index is 122. The van der Waals surface area contributed by atoms with Gasteiger partial charge in [-0.3, -0.25) is 0 Å². The second-order valence-corrected chi connectivity index (χ2v) is 3.92. The van der Waals surface area contributed by atoms with Crippen LogP contribution in [0.2, 0.25) is 0 Å². The third-order valence-electron chi connectivity index (χ3n) is 2.43. The van der Waals surface area contributed by atoms with Crippen molar-refractivity contribution in [1.82, 2.24) is 5.32 Å². The van der Waals surface area contributed by atoms with Crippen molar-refractivity contribution >= 4 is 0 Å². The van der Waals surface area contributed by atoms with Crippen LogP contribution >= 0.6 is 0 Å². The van der Waals surface area contributed by atoms with E-state index < -0.39 is 0 Å². The maximum Gasteiger partial charge on any atom is 0.0745 e. The molecule has 2 atom stereocenters. The molecule has 78 valence electrons. The summed E-state index contributed by atoms with van der Waals surface area (Å²) in [4.78, 5) is 0. The van der Waals surface area contributed by atoms with Gasteiger partial charge in [-0.2, -0.15) is 0 Å². The number of piperidine rings is 1. The number of nitrogens with one attached hydrogen (secondary N) is 1. The minimum Gasteiger partial charge on any atom is -0.391 e. The van der Waals surface area contributed by atoms with E-state index in [1.807, 2.05) is 0 Å². The largest absolute Gasteiger partial charge is 0.391 e. The molecule has 3 heteroatoms. The normalized spacial score (nSPS) is 25.8. The number of ether oxygens (including phenoxy) is 1. The molecule has 1 saturated heterocycles. The van der Waals surface area contributed by atoms with Gasteiger partial charge in [-0.1, -0.05) is 0 Å². The highest BCUT2D eigenvalue weighted by Crippen LogP contribution is 2.13. The third kappa shape index (κ3) is 5.24. The molecule has 1 heterocycles. The number of aliphatic hydroxyl groups is 1. The summed E-state index contributed by atoms with van der Waals surface area (Å²) in [6.45, 7) is 5.32. The van der Waals surface area contributed by atoms with Crippen LogP contribution in [0, 0.1) is 5.92 Å². The molecule has 1 fully saturated rings. The Morgan fingerprint density at radius 1 is 1.62 bits per heavy atom. The second-order valence-electron chi connectivity index (χ2n) is 3.92. The van der Waals surface area contributed by atoms with E-state index in [1.165, 1.54) is 19.4 Å². The van der Waals surface area contributed by atoms with Crippen LogP contribution in [0.1, 0.15) is 26.2 Å². The van der Waals surface area contributed by atoms with Crippen molar-refractivity contribution in [2.24, 2.45) is 5.92 Å². The smallest absolute Gasteiger partial charge is 0.0745 e. The van der Waals surface area contributed by atoms with E-state index in [9.17, 15) is 0 Å². The van der Waals surface area contributed by atoms with E-state index in [1.54, 1.807) is 6.92 Å². The van der Waals surface area contributed by atoms with Crippen molar-refractivity contribution in [3.63, 3.8) is 0 Å². The molecule has 0 amide bonds. The van der Waals surface area contributed by atoms with Crippen LogP contribution in [0.15, 0.2) is 0 Å². The predicted octanol–water partition coefficient (Wildman–Crippen LogP) is 0.773. The van der Waals surface area contributed by atoms with Gasteiger partial charge in [0.2, 0.25) is 0 Å². The van der Waals surface area contributed by atoms with Crippen molar-refractivity contribution in [3.8, 4) is 0 Å². The van der Waals surface area contributed by atoms with Gasteiger partial charge >= 0.3 is 0 Å². The first-order valence-electron chi connectivity index (χ1n) is 5.25. The van der Waals surface area contributed by atoms with E-state index in [-0.39, 0.29) is 6.10 Å². The minimum absolute atomic E-state index is 0.329. The first kappa shape index (κ1) is 11.0. The molecule has 0 aromatic rings. The lowest BCUT2D eigenvalue weighted by molar-refractivity contribution is 0.0391. The number of aliphatic hydroxyl groups excluding tert-OH is 1. The van der Waals surface area contributed by atoms with Crippen molar-refractivity contribution in [1.29, 1.82) is 0 Å². The molecule has 13 heavy (non-hydrogen) atoms. The summed E-state index contributed by atoms with van der Waals surface area (Å²) in [5, 5.41) is 12.3. The second kappa shape index (κ2) is 6.35. The average molecular weight is 187 g/mol. The Morgan fingerprint density at radius 3 is 3.08 bits per heavy atom. The van der Waals surface area contributed by atoms with Crippen LogP contribution in [0.3, 0.4) is 0 Å². The Hall–Kier alpha value is -0.120. The van der Waals surface area contributed by atoms with Gasteiger partial charge in [0.05, 0.1) is 12.7 Å². The van der Waals surface area contributed by atoms with Gasteiger partial charge in [0.1, 0.15) is 0 Å². The van der Waals surface area contributed by atoms with Crippen LogP contribution in [0.5, 0.6) is 0 Å². The average Bonchev–Trinajstić information content (AvgIpc) is 2.14. The Labute approximate surface area is 80.5 Å². The van der Waals surface area contributed by atoms with Crippen LogP contribution < -0.4 is 5.32 Å². The van der Waals surface area contributed by atoms with Gasteiger partial charge in [-0.05, 0) is 45.2 Å². The molecular formula is C10H21NO2. The Morgan fingerprint density at radius 2 is 2.46 bits per heavy atom. The fourth-order valence-corrected chi connectivity index (χ4v) is 1.67. The summed E-state index contributed by atoms with van der Waals surface area (Å²) < 4.78 is 5.32. The molecule has 3 nitrogen and oxygen atoms in total. The minimum atomic E-state index is -0.329. The zero-order valence-electron chi connectivity index (χ0n) is 8.46. The van der Waals surface area contributed by atoms with Gasteiger partial charge in [-0.25, -0.2) is 0 Å². The molecular weight excluding hydrogens is 166 g/mol. The zero-order valence-corrected chi connectivity index (χ0v) is 8.46. The van der Waals surface area contributed by atoms with Crippen molar-refractivity contribution in [2.45, 2.75) is 32.3 Å². The maximum absolute atomic E-state index is 8.95. The molecule has 0 aromatic heterocycles. The molecule has 0 saturated carbocycles. The standard InChI is InChI=1S/C10H21NO2/c1-9(12)8-13-6-4-10-3-2-5-11-7-10/h9-12H,2-8H2,1H3. The lowest BCUT2D eigenvalue weighted by Gasteiger charge is -2.22. The molecule has 1 aliphatic heterocycles. The monoisotopic (exact) mass is 187 g/mol. The van der Waals surface area contributed by atoms with Crippen LogP contribution in [-0.4, -0.2) is 37.5 Å². The van der Waals surface area contributed by atoms with E-state index in [2.05, 4.69) is 5.32 Å². The van der Waals surface area contributed by atoms with Crippen molar-refractivity contribution in [2.75, 3.05) is 26.3 Å². The zero-order chi connectivity index (χ0) is 9.52. The van der Waals surface area contributed by atoms with Crippen LogP contribution in [-0.2, 0) is 4.74 Å². The summed E-state index contributed by atoms with van der Waals surface area (Å²) in [6.07, 6.45) is 3.41. The Kier molecular flexibility index (Phi) is 5.35. The topological polar surface area (TPSA) is 41.5 Å². The highest BCUT2D eigenvalue weighted by Gasteiger charge is 2.12. The summed E-state index contributed by atoms with van der Waals surface area (Å²) in [5.41, 5.74) is 0. The molecule has 0 spiro atoms. The van der Waals surface area contributed by atoms with E-state index in [4.69, 9.17) is 9.84 Å². The summed E-state index contributed by atoms with van der Waals surface area (Å²) in [7, 11) is 0. The first-order valence-corrected chi connectivity index (χ1v) is 5.25. The van der Waals surface area contributed by atoms with Gasteiger partial charge in [-0.15, -0.1) is 0 Å².